The highest BCUT2D eigenvalue weighted by Crippen LogP contribution is 2.18. The van der Waals surface area contributed by atoms with Crippen molar-refractivity contribution in [2.45, 2.75) is 20.3 Å². The summed E-state index contributed by atoms with van der Waals surface area (Å²) in [7, 11) is 0. The number of carbonyl (C=O) groups is 1. The van der Waals surface area contributed by atoms with Crippen LogP contribution < -0.4 is 0 Å². The highest BCUT2D eigenvalue weighted by Gasteiger charge is 2.16. The summed E-state index contributed by atoms with van der Waals surface area (Å²) in [6, 6.07) is 5.77. The summed E-state index contributed by atoms with van der Waals surface area (Å²) in [5.41, 5.74) is 1.88. The van der Waals surface area contributed by atoms with Crippen LogP contribution in [0.1, 0.15) is 29.3 Å². The highest BCUT2D eigenvalue weighted by molar-refractivity contribution is 14.1. The molecule has 1 aromatic carbocycles. The molecular formula is C13H18INO2. The number of aliphatic hydroxyl groups is 1. The average molecular weight is 347 g/mol. The molecule has 4 heteroatoms. The third-order valence-electron chi connectivity index (χ3n) is 2.68. The lowest BCUT2D eigenvalue weighted by Gasteiger charge is -2.21. The Morgan fingerprint density at radius 2 is 2.18 bits per heavy atom. The number of hydrogen-bond acceptors (Lipinski definition) is 2. The van der Waals surface area contributed by atoms with E-state index in [4.69, 9.17) is 5.11 Å². The van der Waals surface area contributed by atoms with E-state index in [0.29, 0.717) is 19.5 Å². The van der Waals surface area contributed by atoms with E-state index in [1.54, 1.807) is 4.90 Å². The van der Waals surface area contributed by atoms with Gasteiger partial charge in [-0.2, -0.15) is 0 Å². The molecule has 1 rings (SSSR count). The molecule has 0 saturated carbocycles. The number of halogens is 1. The van der Waals surface area contributed by atoms with Crippen LogP contribution in [0.4, 0.5) is 0 Å². The monoisotopic (exact) mass is 347 g/mol. The lowest BCUT2D eigenvalue weighted by molar-refractivity contribution is 0.0753. The molecule has 0 aliphatic rings. The van der Waals surface area contributed by atoms with Gasteiger partial charge in [-0.3, -0.25) is 4.79 Å². The van der Waals surface area contributed by atoms with E-state index in [0.717, 1.165) is 14.7 Å². The number of rotatable bonds is 5. The smallest absolute Gasteiger partial charge is 0.254 e. The molecule has 0 aromatic heterocycles. The molecule has 0 saturated heterocycles. The van der Waals surface area contributed by atoms with Crippen LogP contribution in [-0.2, 0) is 0 Å². The third kappa shape index (κ3) is 3.67. The van der Waals surface area contributed by atoms with Crippen LogP contribution in [0.25, 0.3) is 0 Å². The second kappa shape index (κ2) is 6.96. The minimum Gasteiger partial charge on any atom is -0.396 e. The maximum absolute atomic E-state index is 12.3. The van der Waals surface area contributed by atoms with Gasteiger partial charge in [0.25, 0.3) is 5.91 Å². The molecule has 0 aliphatic heterocycles. The van der Waals surface area contributed by atoms with E-state index in [2.05, 4.69) is 22.6 Å². The first kappa shape index (κ1) is 14.4. The SMILES string of the molecule is CCN(CCCO)C(=O)c1cccc(C)c1I. The summed E-state index contributed by atoms with van der Waals surface area (Å²) in [5.74, 6) is 0.0500. The third-order valence-corrected chi connectivity index (χ3v) is 4.11. The first-order valence-electron chi connectivity index (χ1n) is 5.77. The second-order valence-electron chi connectivity index (χ2n) is 3.90. The Labute approximate surface area is 116 Å². The van der Waals surface area contributed by atoms with Crippen molar-refractivity contribution < 1.29 is 9.90 Å². The Morgan fingerprint density at radius 1 is 1.47 bits per heavy atom. The molecule has 1 N–H and O–H groups in total. The zero-order valence-corrected chi connectivity index (χ0v) is 12.4. The quantitative estimate of drug-likeness (QED) is 0.832. The van der Waals surface area contributed by atoms with E-state index < -0.39 is 0 Å². The van der Waals surface area contributed by atoms with Crippen LogP contribution in [0, 0.1) is 10.5 Å². The predicted molar refractivity (Wildman–Crippen MR) is 77.2 cm³/mol. The number of aliphatic hydroxyl groups excluding tert-OH is 1. The van der Waals surface area contributed by atoms with Crippen molar-refractivity contribution in [2.24, 2.45) is 0 Å². The average Bonchev–Trinajstić information content (AvgIpc) is 2.33. The van der Waals surface area contributed by atoms with Crippen LogP contribution in [-0.4, -0.2) is 35.6 Å². The van der Waals surface area contributed by atoms with Gasteiger partial charge in [0.05, 0.1) is 5.56 Å². The van der Waals surface area contributed by atoms with E-state index in [1.165, 1.54) is 0 Å². The standard InChI is InChI=1S/C13H18INO2/c1-3-15(8-5-9-16)13(17)11-7-4-6-10(2)12(11)14/h4,6-7,16H,3,5,8-9H2,1-2H3. The molecule has 1 aromatic rings. The topological polar surface area (TPSA) is 40.5 Å². The van der Waals surface area contributed by atoms with Crippen LogP contribution in [0.5, 0.6) is 0 Å². The van der Waals surface area contributed by atoms with Gasteiger partial charge in [0.1, 0.15) is 0 Å². The number of hydrogen-bond donors (Lipinski definition) is 1. The number of carbonyl (C=O) groups excluding carboxylic acids is 1. The first-order chi connectivity index (χ1) is 8.11. The Kier molecular flexibility index (Phi) is 5.91. The van der Waals surface area contributed by atoms with Crippen molar-refractivity contribution in [2.75, 3.05) is 19.7 Å². The van der Waals surface area contributed by atoms with Gasteiger partial charge in [-0.15, -0.1) is 0 Å². The second-order valence-corrected chi connectivity index (χ2v) is 4.98. The van der Waals surface area contributed by atoms with Gasteiger partial charge in [0, 0.05) is 23.3 Å². The molecule has 0 unspecified atom stereocenters. The fraction of sp³-hybridized carbons (Fsp3) is 0.462. The molecular weight excluding hydrogens is 329 g/mol. The fourth-order valence-corrected chi connectivity index (χ4v) is 2.24. The van der Waals surface area contributed by atoms with Crippen molar-refractivity contribution in [3.8, 4) is 0 Å². The molecule has 0 heterocycles. The van der Waals surface area contributed by atoms with Crippen LogP contribution in [0.3, 0.4) is 0 Å². The van der Waals surface area contributed by atoms with Crippen molar-refractivity contribution in [1.82, 2.24) is 4.90 Å². The first-order valence-corrected chi connectivity index (χ1v) is 6.85. The van der Waals surface area contributed by atoms with Gasteiger partial charge < -0.3 is 10.0 Å². The summed E-state index contributed by atoms with van der Waals surface area (Å²) < 4.78 is 1.01. The number of amides is 1. The number of nitrogens with zero attached hydrogens (tertiary/aromatic N) is 1. The maximum Gasteiger partial charge on any atom is 0.254 e. The minimum absolute atomic E-state index is 0.0500. The van der Waals surface area contributed by atoms with Gasteiger partial charge in [-0.25, -0.2) is 0 Å². The maximum atomic E-state index is 12.3. The summed E-state index contributed by atoms with van der Waals surface area (Å²) in [4.78, 5) is 14.1. The van der Waals surface area contributed by atoms with Crippen molar-refractivity contribution in [3.63, 3.8) is 0 Å². The summed E-state index contributed by atoms with van der Waals surface area (Å²) in [6.07, 6.45) is 0.627. The number of aryl methyl sites for hydroxylation is 1. The van der Waals surface area contributed by atoms with Gasteiger partial charge in [0.15, 0.2) is 0 Å². The van der Waals surface area contributed by atoms with Crippen LogP contribution in [0.15, 0.2) is 18.2 Å². The molecule has 17 heavy (non-hydrogen) atoms. The lowest BCUT2D eigenvalue weighted by Crippen LogP contribution is -2.32. The fourth-order valence-electron chi connectivity index (χ4n) is 1.65. The lowest BCUT2D eigenvalue weighted by atomic mass is 10.1. The summed E-state index contributed by atoms with van der Waals surface area (Å²) in [6.45, 7) is 5.36. The van der Waals surface area contributed by atoms with E-state index in [-0.39, 0.29) is 12.5 Å². The molecule has 94 valence electrons. The van der Waals surface area contributed by atoms with Crippen LogP contribution in [0.2, 0.25) is 0 Å². The molecule has 0 fully saturated rings. The van der Waals surface area contributed by atoms with E-state index in [1.807, 2.05) is 32.0 Å². The number of benzene rings is 1. The van der Waals surface area contributed by atoms with E-state index in [9.17, 15) is 4.79 Å². The zero-order chi connectivity index (χ0) is 12.8. The van der Waals surface area contributed by atoms with Gasteiger partial charge in [-0.05, 0) is 54.5 Å². The van der Waals surface area contributed by atoms with Gasteiger partial charge in [-0.1, -0.05) is 12.1 Å². The molecule has 0 atom stereocenters. The molecule has 0 aliphatic carbocycles. The summed E-state index contributed by atoms with van der Waals surface area (Å²) in [5, 5.41) is 8.82. The summed E-state index contributed by atoms with van der Waals surface area (Å²) >= 11 is 2.21. The Hall–Kier alpha value is -0.620. The Bertz CT molecular complexity index is 393. The molecule has 3 nitrogen and oxygen atoms in total. The molecule has 1 amide bonds. The zero-order valence-electron chi connectivity index (χ0n) is 10.2. The van der Waals surface area contributed by atoms with Crippen molar-refractivity contribution >= 4 is 28.5 Å². The largest absolute Gasteiger partial charge is 0.396 e. The molecule has 0 spiro atoms. The minimum atomic E-state index is 0.0500. The highest BCUT2D eigenvalue weighted by atomic mass is 127. The normalized spacial score (nSPS) is 10.4. The van der Waals surface area contributed by atoms with Crippen molar-refractivity contribution in [1.29, 1.82) is 0 Å². The molecule has 0 radical (unpaired) electrons. The van der Waals surface area contributed by atoms with E-state index >= 15 is 0 Å². The van der Waals surface area contributed by atoms with Gasteiger partial charge >= 0.3 is 0 Å². The molecule has 0 bridgehead atoms. The Balaban J connectivity index is 2.90. The van der Waals surface area contributed by atoms with Gasteiger partial charge in [0.2, 0.25) is 0 Å². The Morgan fingerprint density at radius 3 is 2.76 bits per heavy atom. The predicted octanol–water partition coefficient (Wildman–Crippen LogP) is 2.44. The van der Waals surface area contributed by atoms with Crippen molar-refractivity contribution in [3.05, 3.63) is 32.9 Å². The van der Waals surface area contributed by atoms with Crippen LogP contribution >= 0.6 is 22.6 Å².